The van der Waals surface area contributed by atoms with Crippen LogP contribution in [0.5, 0.6) is 0 Å². The standard InChI is InChI=1S/C13H26O2Si/c1-11(10-14)12(15-5)8-9-16(6,7)13(2,3)4/h11-12,14H,10H2,1-7H3/t11-,12-/m1/s1. The molecule has 0 aromatic heterocycles. The maximum Gasteiger partial charge on any atom is 0.137 e. The SMILES string of the molecule is CO[C@H](C#C[Si](C)(C)C(C)(C)C)[C@H](C)CO. The summed E-state index contributed by atoms with van der Waals surface area (Å²) in [6.45, 7) is 13.3. The van der Waals surface area contributed by atoms with Gasteiger partial charge in [-0.1, -0.05) is 46.7 Å². The van der Waals surface area contributed by atoms with Gasteiger partial charge in [0, 0.05) is 19.6 Å². The zero-order valence-corrected chi connectivity index (χ0v) is 12.7. The van der Waals surface area contributed by atoms with E-state index >= 15 is 0 Å². The normalized spacial score (nSPS) is 16.2. The molecule has 0 aromatic carbocycles. The van der Waals surface area contributed by atoms with Crippen LogP contribution >= 0.6 is 0 Å². The van der Waals surface area contributed by atoms with Gasteiger partial charge in [0.05, 0.1) is 0 Å². The largest absolute Gasteiger partial charge is 0.396 e. The Morgan fingerprint density at radius 3 is 2.12 bits per heavy atom. The molecule has 0 fully saturated rings. The number of hydrogen-bond acceptors (Lipinski definition) is 2. The zero-order valence-electron chi connectivity index (χ0n) is 11.7. The van der Waals surface area contributed by atoms with Crippen molar-refractivity contribution in [1.82, 2.24) is 0 Å². The van der Waals surface area contributed by atoms with Crippen LogP contribution in [0.3, 0.4) is 0 Å². The lowest BCUT2D eigenvalue weighted by atomic mass is 10.1. The first-order chi connectivity index (χ1) is 7.15. The number of methoxy groups -OCH3 is 1. The summed E-state index contributed by atoms with van der Waals surface area (Å²) in [7, 11) is 0.0846. The maximum absolute atomic E-state index is 9.09. The Bertz CT molecular complexity index is 268. The second kappa shape index (κ2) is 5.86. The minimum Gasteiger partial charge on any atom is -0.396 e. The molecule has 16 heavy (non-hydrogen) atoms. The van der Waals surface area contributed by atoms with Crippen LogP contribution in [0.4, 0.5) is 0 Å². The van der Waals surface area contributed by atoms with Gasteiger partial charge < -0.3 is 9.84 Å². The van der Waals surface area contributed by atoms with Gasteiger partial charge in [0.2, 0.25) is 0 Å². The first-order valence-corrected chi connectivity index (χ1v) is 8.82. The summed E-state index contributed by atoms with van der Waals surface area (Å²) in [5, 5.41) is 9.35. The molecule has 0 aliphatic heterocycles. The van der Waals surface area contributed by atoms with E-state index in [-0.39, 0.29) is 23.7 Å². The molecule has 0 unspecified atom stereocenters. The Morgan fingerprint density at radius 2 is 1.81 bits per heavy atom. The maximum atomic E-state index is 9.09. The number of aliphatic hydroxyl groups is 1. The molecule has 0 aliphatic rings. The van der Waals surface area contributed by atoms with E-state index in [0.717, 1.165) is 0 Å². The van der Waals surface area contributed by atoms with Crippen molar-refractivity contribution >= 4 is 8.07 Å². The van der Waals surface area contributed by atoms with Crippen LogP contribution in [0.1, 0.15) is 27.7 Å². The lowest BCUT2D eigenvalue weighted by molar-refractivity contribution is 0.0730. The second-order valence-corrected chi connectivity index (χ2v) is 11.0. The minimum absolute atomic E-state index is 0.0715. The average molecular weight is 242 g/mol. The topological polar surface area (TPSA) is 29.5 Å². The highest BCUT2D eigenvalue weighted by atomic mass is 28.3. The monoisotopic (exact) mass is 242 g/mol. The molecule has 0 saturated heterocycles. The van der Waals surface area contributed by atoms with Crippen LogP contribution in [0.2, 0.25) is 18.1 Å². The van der Waals surface area contributed by atoms with E-state index in [0.29, 0.717) is 0 Å². The molecule has 0 amide bonds. The molecule has 0 bridgehead atoms. The van der Waals surface area contributed by atoms with E-state index in [1.165, 1.54) is 0 Å². The van der Waals surface area contributed by atoms with Gasteiger partial charge in [-0.15, -0.1) is 5.54 Å². The number of aliphatic hydroxyl groups excluding tert-OH is 1. The van der Waals surface area contributed by atoms with Gasteiger partial charge in [-0.2, -0.15) is 0 Å². The van der Waals surface area contributed by atoms with Crippen LogP contribution in [-0.4, -0.2) is 33.0 Å². The Labute approximate surface area is 101 Å². The number of ether oxygens (including phenoxy) is 1. The molecule has 0 saturated carbocycles. The molecular weight excluding hydrogens is 216 g/mol. The molecule has 0 spiro atoms. The van der Waals surface area contributed by atoms with Gasteiger partial charge in [-0.25, -0.2) is 0 Å². The Kier molecular flexibility index (Phi) is 5.75. The highest BCUT2D eigenvalue weighted by molar-refractivity contribution is 6.87. The molecule has 94 valence electrons. The summed E-state index contributed by atoms with van der Waals surface area (Å²) in [5.74, 6) is 3.27. The molecule has 0 heterocycles. The third-order valence-corrected chi connectivity index (χ3v) is 7.98. The van der Waals surface area contributed by atoms with Crippen LogP contribution in [-0.2, 0) is 4.74 Å². The fourth-order valence-corrected chi connectivity index (χ4v) is 1.85. The van der Waals surface area contributed by atoms with Gasteiger partial charge in [-0.3, -0.25) is 0 Å². The molecule has 0 aromatic rings. The van der Waals surface area contributed by atoms with E-state index in [1.807, 2.05) is 6.92 Å². The zero-order chi connectivity index (χ0) is 13.0. The molecular formula is C13H26O2Si. The van der Waals surface area contributed by atoms with E-state index in [1.54, 1.807) is 7.11 Å². The third kappa shape index (κ3) is 4.29. The van der Waals surface area contributed by atoms with Gasteiger partial charge in [0.25, 0.3) is 0 Å². The van der Waals surface area contributed by atoms with E-state index in [2.05, 4.69) is 45.3 Å². The highest BCUT2D eigenvalue weighted by Crippen LogP contribution is 2.35. The minimum atomic E-state index is -1.57. The smallest absolute Gasteiger partial charge is 0.137 e. The highest BCUT2D eigenvalue weighted by Gasteiger charge is 2.33. The molecule has 3 heteroatoms. The van der Waals surface area contributed by atoms with E-state index < -0.39 is 8.07 Å². The second-order valence-electron chi connectivity index (χ2n) is 5.96. The Hall–Kier alpha value is -0.303. The summed E-state index contributed by atoms with van der Waals surface area (Å²) in [4.78, 5) is 0. The predicted octanol–water partition coefficient (Wildman–Crippen LogP) is 2.68. The molecule has 2 atom stereocenters. The lowest BCUT2D eigenvalue weighted by Gasteiger charge is -2.31. The van der Waals surface area contributed by atoms with Crippen LogP contribution in [0.25, 0.3) is 0 Å². The first kappa shape index (κ1) is 15.7. The molecule has 0 radical (unpaired) electrons. The van der Waals surface area contributed by atoms with Crippen molar-refractivity contribution in [2.45, 2.75) is 51.9 Å². The average Bonchev–Trinajstić information content (AvgIpc) is 2.16. The summed E-state index contributed by atoms with van der Waals surface area (Å²) in [5.41, 5.74) is 3.42. The fourth-order valence-electron chi connectivity index (χ4n) is 0.968. The van der Waals surface area contributed by atoms with Gasteiger partial charge in [0.1, 0.15) is 14.2 Å². The van der Waals surface area contributed by atoms with Crippen molar-refractivity contribution in [3.8, 4) is 11.5 Å². The van der Waals surface area contributed by atoms with Crippen molar-refractivity contribution in [3.63, 3.8) is 0 Å². The first-order valence-electron chi connectivity index (χ1n) is 5.82. The fraction of sp³-hybridized carbons (Fsp3) is 0.846. The molecule has 0 rings (SSSR count). The van der Waals surface area contributed by atoms with Crippen molar-refractivity contribution in [2.24, 2.45) is 5.92 Å². The summed E-state index contributed by atoms with van der Waals surface area (Å²) < 4.78 is 5.30. The molecule has 2 nitrogen and oxygen atoms in total. The molecule has 1 N–H and O–H groups in total. The summed E-state index contributed by atoms with van der Waals surface area (Å²) in [6, 6.07) is 0. The molecule has 0 aliphatic carbocycles. The van der Waals surface area contributed by atoms with Crippen molar-refractivity contribution in [1.29, 1.82) is 0 Å². The van der Waals surface area contributed by atoms with Gasteiger partial charge >= 0.3 is 0 Å². The number of rotatable bonds is 3. The third-order valence-electron chi connectivity index (χ3n) is 3.46. The predicted molar refractivity (Wildman–Crippen MR) is 72.0 cm³/mol. The van der Waals surface area contributed by atoms with Crippen molar-refractivity contribution in [2.75, 3.05) is 13.7 Å². The van der Waals surface area contributed by atoms with Gasteiger partial charge in [0.15, 0.2) is 0 Å². The van der Waals surface area contributed by atoms with E-state index in [9.17, 15) is 0 Å². The lowest BCUT2D eigenvalue weighted by Crippen LogP contribution is -2.36. The van der Waals surface area contributed by atoms with Crippen molar-refractivity contribution in [3.05, 3.63) is 0 Å². The Morgan fingerprint density at radius 1 is 1.31 bits per heavy atom. The van der Waals surface area contributed by atoms with Crippen LogP contribution in [0.15, 0.2) is 0 Å². The van der Waals surface area contributed by atoms with E-state index in [4.69, 9.17) is 9.84 Å². The van der Waals surface area contributed by atoms with Crippen LogP contribution in [0, 0.1) is 17.4 Å². The quantitative estimate of drug-likeness (QED) is 0.609. The summed E-state index contributed by atoms with van der Waals surface area (Å²) >= 11 is 0. The summed E-state index contributed by atoms with van der Waals surface area (Å²) in [6.07, 6.45) is -0.154. The van der Waals surface area contributed by atoms with Crippen LogP contribution < -0.4 is 0 Å². The Balaban J connectivity index is 4.82. The van der Waals surface area contributed by atoms with Gasteiger partial charge in [-0.05, 0) is 5.04 Å². The number of hydrogen-bond donors (Lipinski definition) is 1. The van der Waals surface area contributed by atoms with Crippen molar-refractivity contribution < 1.29 is 9.84 Å².